The van der Waals surface area contributed by atoms with Crippen LogP contribution < -0.4 is 10.6 Å². The van der Waals surface area contributed by atoms with Gasteiger partial charge in [0.15, 0.2) is 0 Å². The minimum Gasteiger partial charge on any atom is -0.508 e. The van der Waals surface area contributed by atoms with Gasteiger partial charge in [-0.1, -0.05) is 19.9 Å². The van der Waals surface area contributed by atoms with Gasteiger partial charge in [0.25, 0.3) is 0 Å². The third kappa shape index (κ3) is 9.10. The molecule has 1 amide bonds. The highest BCUT2D eigenvalue weighted by Crippen LogP contribution is 2.53. The van der Waals surface area contributed by atoms with Crippen LogP contribution in [-0.4, -0.2) is 115 Å². The molecule has 1 saturated heterocycles. The maximum atomic E-state index is 13.1. The molecule has 0 radical (unpaired) electrons. The molecule has 2 fully saturated rings. The second-order valence-electron chi connectivity index (χ2n) is 11.8. The molecule has 1 aliphatic heterocycles. The Hall–Kier alpha value is -1.79. The summed E-state index contributed by atoms with van der Waals surface area (Å²) in [4.78, 5) is 15.7. The number of carbonyl (C=O) groups is 1. The molecule has 1 aromatic rings. The molecule has 3 aliphatic rings. The second-order valence-corrected chi connectivity index (χ2v) is 11.8. The van der Waals surface area contributed by atoms with Gasteiger partial charge >= 0.3 is 0 Å². The van der Waals surface area contributed by atoms with Crippen LogP contribution in [-0.2, 0) is 33.9 Å². The number of hydrogen-bond acceptors (Lipinski definition) is 9. The van der Waals surface area contributed by atoms with Crippen LogP contribution in [0.15, 0.2) is 18.2 Å². The molecule has 2 aliphatic carbocycles. The summed E-state index contributed by atoms with van der Waals surface area (Å²) in [6.07, 6.45) is 3.70. The number of piperidine rings is 1. The average Bonchev–Trinajstić information content (AvgIpc) is 3.78. The van der Waals surface area contributed by atoms with E-state index in [9.17, 15) is 9.90 Å². The number of phenolic OH excluding ortho intramolecular Hbond substituents is 1. The van der Waals surface area contributed by atoms with E-state index in [4.69, 9.17) is 23.7 Å². The van der Waals surface area contributed by atoms with Crippen molar-refractivity contribution in [1.29, 1.82) is 0 Å². The molecule has 1 heterocycles. The Morgan fingerprint density at radius 1 is 1.00 bits per heavy atom. The molecule has 10 heteroatoms. The summed E-state index contributed by atoms with van der Waals surface area (Å²) in [6.45, 7) is 12.4. The molecular weight excluding hydrogens is 526 g/mol. The summed E-state index contributed by atoms with van der Waals surface area (Å²) in [5, 5.41) is 16.9. The Bertz CT molecular complexity index is 946. The smallest absolute Gasteiger partial charge is 0.234 e. The summed E-state index contributed by atoms with van der Waals surface area (Å²) in [5.41, 5.74) is 2.32. The normalized spacial score (nSPS) is 25.7. The lowest BCUT2D eigenvalue weighted by atomic mass is 9.57. The third-order valence-electron chi connectivity index (χ3n) is 8.95. The van der Waals surface area contributed by atoms with Crippen molar-refractivity contribution in [3.05, 3.63) is 29.3 Å². The molecule has 0 aromatic heterocycles. The highest BCUT2D eigenvalue weighted by molar-refractivity contribution is 5.79. The van der Waals surface area contributed by atoms with E-state index in [2.05, 4.69) is 29.4 Å². The van der Waals surface area contributed by atoms with E-state index in [-0.39, 0.29) is 30.0 Å². The molecule has 0 spiro atoms. The van der Waals surface area contributed by atoms with Crippen molar-refractivity contribution in [3.8, 4) is 5.75 Å². The number of nitrogens with one attached hydrogen (secondary N) is 2. The Labute approximate surface area is 245 Å². The lowest BCUT2D eigenvalue weighted by Crippen LogP contribution is -2.63. The molecule has 41 heavy (non-hydrogen) atoms. The van der Waals surface area contributed by atoms with Crippen LogP contribution in [0.3, 0.4) is 0 Å². The zero-order valence-electron chi connectivity index (χ0n) is 25.2. The van der Waals surface area contributed by atoms with E-state index in [1.165, 1.54) is 18.4 Å². The molecule has 1 saturated carbocycles. The summed E-state index contributed by atoms with van der Waals surface area (Å²) in [7, 11) is 1.65. The number of phenols is 1. The average molecular weight is 578 g/mol. The number of aromatic hydroxyl groups is 1. The standard InChI is InChI=1S/C31H51N3O7/c1-23-30-29(26-7-6-25(35)20-27(26)31(23,2)8-10-34(30)22-24-4-5-24)33-28(36)21-32-9-11-38-14-15-40-18-19-41-17-16-39-13-12-37-3/h6-7,20,23-24,29-30,32,35H,4-5,8-19,21-22H2,1-3H3,(H,33,36)/t23-,29?,30-,31?/m0/s1. The third-order valence-corrected chi connectivity index (χ3v) is 8.95. The minimum atomic E-state index is -0.0948. The van der Waals surface area contributed by atoms with Crippen molar-refractivity contribution in [2.75, 3.05) is 92.8 Å². The second kappa shape index (κ2) is 16.2. The Morgan fingerprint density at radius 3 is 2.27 bits per heavy atom. The maximum absolute atomic E-state index is 13.1. The molecule has 1 aromatic carbocycles. The fourth-order valence-electron chi connectivity index (χ4n) is 6.30. The molecule has 232 valence electrons. The van der Waals surface area contributed by atoms with Crippen LogP contribution in [0.2, 0.25) is 0 Å². The Kier molecular flexibility index (Phi) is 12.7. The van der Waals surface area contributed by atoms with E-state index in [0.29, 0.717) is 77.7 Å². The fourth-order valence-corrected chi connectivity index (χ4v) is 6.30. The van der Waals surface area contributed by atoms with Crippen LogP contribution in [0.5, 0.6) is 5.75 Å². The maximum Gasteiger partial charge on any atom is 0.234 e. The Balaban J connectivity index is 1.14. The van der Waals surface area contributed by atoms with E-state index in [1.807, 2.05) is 12.1 Å². The summed E-state index contributed by atoms with van der Waals surface area (Å²) >= 11 is 0. The van der Waals surface area contributed by atoms with Crippen LogP contribution in [0.25, 0.3) is 0 Å². The van der Waals surface area contributed by atoms with Crippen LogP contribution in [0, 0.1) is 11.8 Å². The predicted octanol–water partition coefficient (Wildman–Crippen LogP) is 2.24. The van der Waals surface area contributed by atoms with Crippen molar-refractivity contribution in [1.82, 2.24) is 15.5 Å². The van der Waals surface area contributed by atoms with Gasteiger partial charge in [-0.15, -0.1) is 0 Å². The van der Waals surface area contributed by atoms with Gasteiger partial charge in [-0.05, 0) is 66.3 Å². The highest BCUT2D eigenvalue weighted by atomic mass is 16.6. The predicted molar refractivity (Wildman–Crippen MR) is 156 cm³/mol. The van der Waals surface area contributed by atoms with Crippen LogP contribution >= 0.6 is 0 Å². The van der Waals surface area contributed by atoms with Crippen LogP contribution in [0.4, 0.5) is 0 Å². The lowest BCUT2D eigenvalue weighted by molar-refractivity contribution is -0.122. The lowest BCUT2D eigenvalue weighted by Gasteiger charge is -2.57. The number of nitrogens with zero attached hydrogens (tertiary/aromatic N) is 1. The Morgan fingerprint density at radius 2 is 1.63 bits per heavy atom. The van der Waals surface area contributed by atoms with Crippen molar-refractivity contribution < 1.29 is 33.6 Å². The van der Waals surface area contributed by atoms with Gasteiger partial charge in [0, 0.05) is 26.2 Å². The van der Waals surface area contributed by atoms with Gasteiger partial charge in [-0.3, -0.25) is 9.69 Å². The molecular formula is C31H51N3O7. The number of ether oxygens (including phenoxy) is 5. The first kappa shape index (κ1) is 32.1. The van der Waals surface area contributed by atoms with E-state index in [1.54, 1.807) is 13.2 Å². The SMILES string of the molecule is COCCOCCOCCOCCOCCNCC(=O)NC1c2ccc(O)cc2C2(C)CCN(CC3CC3)[C@H]1[C@@H]2C. The van der Waals surface area contributed by atoms with E-state index in [0.717, 1.165) is 31.0 Å². The van der Waals surface area contributed by atoms with Gasteiger partial charge in [-0.25, -0.2) is 0 Å². The molecule has 2 bridgehead atoms. The zero-order chi connectivity index (χ0) is 29.1. The van der Waals surface area contributed by atoms with Crippen molar-refractivity contribution in [2.24, 2.45) is 11.8 Å². The zero-order valence-corrected chi connectivity index (χ0v) is 25.2. The highest BCUT2D eigenvalue weighted by Gasteiger charge is 2.53. The summed E-state index contributed by atoms with van der Waals surface area (Å²) in [5.74, 6) is 1.43. The fraction of sp³-hybridized carbons (Fsp3) is 0.774. The first-order valence-electron chi connectivity index (χ1n) is 15.3. The molecule has 2 unspecified atom stereocenters. The molecule has 4 rings (SSSR count). The van der Waals surface area contributed by atoms with Crippen LogP contribution in [0.1, 0.15) is 50.3 Å². The summed E-state index contributed by atoms with van der Waals surface area (Å²) < 4.78 is 26.8. The number of benzene rings is 1. The number of methoxy groups -OCH3 is 1. The van der Waals surface area contributed by atoms with Gasteiger partial charge < -0.3 is 39.4 Å². The number of amides is 1. The number of rotatable bonds is 20. The van der Waals surface area contributed by atoms with Gasteiger partial charge in [0.1, 0.15) is 5.75 Å². The quantitative estimate of drug-likeness (QED) is 0.201. The molecule has 4 atom stereocenters. The molecule has 3 N–H and O–H groups in total. The van der Waals surface area contributed by atoms with Crippen molar-refractivity contribution >= 4 is 5.91 Å². The largest absolute Gasteiger partial charge is 0.508 e. The minimum absolute atomic E-state index is 0.00855. The number of likely N-dealkylation sites (tertiary alicyclic amines) is 1. The first-order chi connectivity index (χ1) is 19.9. The summed E-state index contributed by atoms with van der Waals surface area (Å²) in [6, 6.07) is 5.85. The molecule has 10 nitrogen and oxygen atoms in total. The van der Waals surface area contributed by atoms with Gasteiger partial charge in [0.2, 0.25) is 5.91 Å². The van der Waals surface area contributed by atoms with Crippen molar-refractivity contribution in [2.45, 2.75) is 50.6 Å². The topological polar surface area (TPSA) is 111 Å². The number of fused-ring (bicyclic) bond motifs is 4. The van der Waals surface area contributed by atoms with Crippen molar-refractivity contribution in [3.63, 3.8) is 0 Å². The van der Waals surface area contributed by atoms with Gasteiger partial charge in [0.05, 0.1) is 72.0 Å². The number of carbonyl (C=O) groups excluding carboxylic acids is 1. The first-order valence-corrected chi connectivity index (χ1v) is 15.3. The van der Waals surface area contributed by atoms with E-state index >= 15 is 0 Å². The van der Waals surface area contributed by atoms with Gasteiger partial charge in [-0.2, -0.15) is 0 Å². The van der Waals surface area contributed by atoms with E-state index < -0.39 is 0 Å². The number of hydrogen-bond donors (Lipinski definition) is 3. The monoisotopic (exact) mass is 577 g/mol.